The van der Waals surface area contributed by atoms with Crippen molar-refractivity contribution >= 4 is 5.57 Å². The molecule has 0 atom stereocenters. The lowest BCUT2D eigenvalue weighted by atomic mass is 9.79. The van der Waals surface area contributed by atoms with Gasteiger partial charge in [0.25, 0.3) is 0 Å². The number of hydrogen-bond donors (Lipinski definition) is 0. The lowest BCUT2D eigenvalue weighted by molar-refractivity contribution is 0.566. The van der Waals surface area contributed by atoms with Crippen LogP contribution in [0.4, 0.5) is 0 Å². The first kappa shape index (κ1) is 12.4. The van der Waals surface area contributed by atoms with Gasteiger partial charge in [-0.3, -0.25) is 0 Å². The van der Waals surface area contributed by atoms with Crippen molar-refractivity contribution in [3.05, 3.63) is 41.0 Å². The fourth-order valence-electron chi connectivity index (χ4n) is 2.79. The van der Waals surface area contributed by atoms with Crippen LogP contribution >= 0.6 is 0 Å². The van der Waals surface area contributed by atoms with Crippen molar-refractivity contribution in [1.29, 1.82) is 0 Å². The standard InChI is InChI=1S/C17H24/c1-16(2,3)14-9-7-8-12-13(14)10-11-15(12)17(4,5)6/h7-9,11H,10H2,1-6H3. The number of fused-ring (bicyclic) bond motifs is 1. The number of benzene rings is 1. The molecule has 0 radical (unpaired) electrons. The molecule has 2 rings (SSSR count). The summed E-state index contributed by atoms with van der Waals surface area (Å²) < 4.78 is 0. The van der Waals surface area contributed by atoms with Crippen LogP contribution in [0, 0.1) is 5.41 Å². The zero-order valence-electron chi connectivity index (χ0n) is 12.0. The predicted octanol–water partition coefficient (Wildman–Crippen LogP) is 4.97. The summed E-state index contributed by atoms with van der Waals surface area (Å²) in [5, 5.41) is 0. The van der Waals surface area contributed by atoms with Crippen molar-refractivity contribution in [1.82, 2.24) is 0 Å². The summed E-state index contributed by atoms with van der Waals surface area (Å²) in [7, 11) is 0. The molecule has 0 spiro atoms. The molecule has 0 N–H and O–H groups in total. The fourth-order valence-corrected chi connectivity index (χ4v) is 2.79. The topological polar surface area (TPSA) is 0 Å². The Hall–Kier alpha value is -1.04. The molecule has 0 nitrogen and oxygen atoms in total. The highest BCUT2D eigenvalue weighted by atomic mass is 14.3. The zero-order chi connectivity index (χ0) is 12.8. The second-order valence-corrected chi connectivity index (χ2v) is 7.15. The van der Waals surface area contributed by atoms with Gasteiger partial charge in [-0.15, -0.1) is 0 Å². The van der Waals surface area contributed by atoms with E-state index in [1.165, 1.54) is 16.7 Å². The normalized spacial score (nSPS) is 15.8. The summed E-state index contributed by atoms with van der Waals surface area (Å²) in [6, 6.07) is 6.79. The molecular formula is C17H24. The van der Waals surface area contributed by atoms with Crippen molar-refractivity contribution in [2.45, 2.75) is 53.4 Å². The molecular weight excluding hydrogens is 204 g/mol. The number of hydrogen-bond acceptors (Lipinski definition) is 0. The molecule has 0 heterocycles. The van der Waals surface area contributed by atoms with Gasteiger partial charge in [0.05, 0.1) is 0 Å². The van der Waals surface area contributed by atoms with Crippen molar-refractivity contribution in [2.75, 3.05) is 0 Å². The van der Waals surface area contributed by atoms with E-state index in [-0.39, 0.29) is 10.8 Å². The highest BCUT2D eigenvalue weighted by Gasteiger charge is 2.28. The highest BCUT2D eigenvalue weighted by molar-refractivity contribution is 5.77. The maximum absolute atomic E-state index is 2.42. The average Bonchev–Trinajstić information content (AvgIpc) is 2.57. The van der Waals surface area contributed by atoms with Crippen molar-refractivity contribution in [2.24, 2.45) is 5.41 Å². The first-order valence-electron chi connectivity index (χ1n) is 6.54. The van der Waals surface area contributed by atoms with Gasteiger partial charge in [0.2, 0.25) is 0 Å². The Morgan fingerprint density at radius 3 is 2.06 bits per heavy atom. The molecule has 1 aliphatic rings. The molecule has 0 heteroatoms. The monoisotopic (exact) mass is 228 g/mol. The fraction of sp³-hybridized carbons (Fsp3) is 0.529. The SMILES string of the molecule is CC(C)(C)C1=CCc2c1cccc2C(C)(C)C. The Balaban J connectivity index is 2.55. The van der Waals surface area contributed by atoms with E-state index in [1.807, 2.05) is 0 Å². The highest BCUT2D eigenvalue weighted by Crippen LogP contribution is 2.43. The number of allylic oxidation sites excluding steroid dienone is 2. The quantitative estimate of drug-likeness (QED) is 0.588. The summed E-state index contributed by atoms with van der Waals surface area (Å²) >= 11 is 0. The van der Waals surface area contributed by atoms with E-state index in [2.05, 4.69) is 65.8 Å². The molecule has 0 amide bonds. The van der Waals surface area contributed by atoms with Crippen LogP contribution < -0.4 is 0 Å². The second-order valence-electron chi connectivity index (χ2n) is 7.15. The van der Waals surface area contributed by atoms with E-state index in [9.17, 15) is 0 Å². The van der Waals surface area contributed by atoms with Crippen LogP contribution in [-0.2, 0) is 11.8 Å². The minimum absolute atomic E-state index is 0.243. The van der Waals surface area contributed by atoms with E-state index in [0.29, 0.717) is 0 Å². The van der Waals surface area contributed by atoms with E-state index in [0.717, 1.165) is 6.42 Å². The molecule has 0 saturated heterocycles. The Bertz CT molecular complexity index is 462. The van der Waals surface area contributed by atoms with Crippen molar-refractivity contribution in [3.8, 4) is 0 Å². The molecule has 0 unspecified atom stereocenters. The Morgan fingerprint density at radius 1 is 0.882 bits per heavy atom. The molecule has 0 aliphatic heterocycles. The summed E-state index contributed by atoms with van der Waals surface area (Å²) in [6.45, 7) is 13.8. The van der Waals surface area contributed by atoms with Crippen LogP contribution in [0.2, 0.25) is 0 Å². The average molecular weight is 228 g/mol. The lowest BCUT2D eigenvalue weighted by Gasteiger charge is -2.25. The Morgan fingerprint density at radius 2 is 1.53 bits per heavy atom. The van der Waals surface area contributed by atoms with Crippen LogP contribution in [-0.4, -0.2) is 0 Å². The maximum Gasteiger partial charge on any atom is -0.00822 e. The molecule has 0 fully saturated rings. The van der Waals surface area contributed by atoms with Crippen LogP contribution in [0.5, 0.6) is 0 Å². The summed E-state index contributed by atoms with van der Waals surface area (Å²) in [5.41, 5.74) is 6.54. The molecule has 1 aromatic carbocycles. The summed E-state index contributed by atoms with van der Waals surface area (Å²) in [5.74, 6) is 0. The summed E-state index contributed by atoms with van der Waals surface area (Å²) in [4.78, 5) is 0. The minimum atomic E-state index is 0.243. The van der Waals surface area contributed by atoms with Gasteiger partial charge in [-0.2, -0.15) is 0 Å². The molecule has 0 bridgehead atoms. The zero-order valence-corrected chi connectivity index (χ0v) is 12.0. The van der Waals surface area contributed by atoms with E-state index < -0.39 is 0 Å². The predicted molar refractivity (Wildman–Crippen MR) is 76.3 cm³/mol. The van der Waals surface area contributed by atoms with E-state index >= 15 is 0 Å². The molecule has 17 heavy (non-hydrogen) atoms. The van der Waals surface area contributed by atoms with Gasteiger partial charge in [0.15, 0.2) is 0 Å². The molecule has 1 aromatic rings. The Labute approximate surface area is 106 Å². The Kier molecular flexibility index (Phi) is 2.72. The lowest BCUT2D eigenvalue weighted by Crippen LogP contribution is -2.15. The first-order chi connectivity index (χ1) is 7.71. The van der Waals surface area contributed by atoms with E-state index in [1.54, 1.807) is 5.56 Å². The summed E-state index contributed by atoms with van der Waals surface area (Å²) in [6.07, 6.45) is 3.52. The van der Waals surface area contributed by atoms with Gasteiger partial charge in [-0.1, -0.05) is 65.8 Å². The van der Waals surface area contributed by atoms with Gasteiger partial charge < -0.3 is 0 Å². The van der Waals surface area contributed by atoms with Gasteiger partial charge in [0.1, 0.15) is 0 Å². The van der Waals surface area contributed by atoms with Crippen LogP contribution in [0.1, 0.15) is 58.2 Å². The van der Waals surface area contributed by atoms with E-state index in [4.69, 9.17) is 0 Å². The maximum atomic E-state index is 2.42. The van der Waals surface area contributed by atoms with Crippen molar-refractivity contribution < 1.29 is 0 Å². The second kappa shape index (κ2) is 3.73. The first-order valence-corrected chi connectivity index (χ1v) is 6.54. The van der Waals surface area contributed by atoms with Gasteiger partial charge >= 0.3 is 0 Å². The molecule has 0 aromatic heterocycles. The third-order valence-electron chi connectivity index (χ3n) is 3.59. The van der Waals surface area contributed by atoms with Crippen molar-refractivity contribution in [3.63, 3.8) is 0 Å². The van der Waals surface area contributed by atoms with Crippen LogP contribution in [0.3, 0.4) is 0 Å². The van der Waals surface area contributed by atoms with Crippen LogP contribution in [0.25, 0.3) is 5.57 Å². The third kappa shape index (κ3) is 2.18. The third-order valence-corrected chi connectivity index (χ3v) is 3.59. The van der Waals surface area contributed by atoms with Gasteiger partial charge in [-0.05, 0) is 39.5 Å². The smallest absolute Gasteiger partial charge is 0.00822 e. The van der Waals surface area contributed by atoms with Crippen LogP contribution in [0.15, 0.2) is 24.3 Å². The molecule has 0 saturated carbocycles. The number of rotatable bonds is 0. The van der Waals surface area contributed by atoms with Gasteiger partial charge in [-0.25, -0.2) is 0 Å². The molecule has 1 aliphatic carbocycles. The minimum Gasteiger partial charge on any atom is -0.0757 e. The molecule has 92 valence electrons. The largest absolute Gasteiger partial charge is 0.0757 e. The van der Waals surface area contributed by atoms with Gasteiger partial charge in [0, 0.05) is 0 Å².